The quantitative estimate of drug-likeness (QED) is 0.300. The third kappa shape index (κ3) is 5.36. The molecule has 0 spiro atoms. The summed E-state index contributed by atoms with van der Waals surface area (Å²) in [5, 5.41) is 9.10. The lowest BCUT2D eigenvalue weighted by Gasteiger charge is -2.35. The number of piperazine rings is 1. The highest BCUT2D eigenvalue weighted by Crippen LogP contribution is 2.31. The Labute approximate surface area is 256 Å². The first-order valence-corrected chi connectivity index (χ1v) is 14.0. The van der Waals surface area contributed by atoms with E-state index in [1.165, 1.54) is 12.3 Å². The van der Waals surface area contributed by atoms with Crippen molar-refractivity contribution in [3.63, 3.8) is 0 Å². The van der Waals surface area contributed by atoms with Crippen LogP contribution in [0.15, 0.2) is 85.3 Å². The number of benzene rings is 1. The van der Waals surface area contributed by atoms with E-state index in [-0.39, 0.29) is 18.3 Å². The number of aromatic nitrogens is 7. The molecule has 13 heteroatoms. The van der Waals surface area contributed by atoms with Gasteiger partial charge in [0.25, 0.3) is 0 Å². The number of nitrogens with two attached hydrogens (primary N) is 1. The van der Waals surface area contributed by atoms with Crippen molar-refractivity contribution in [2.24, 2.45) is 0 Å². The smallest absolute Gasteiger partial charge is 0.242 e. The summed E-state index contributed by atoms with van der Waals surface area (Å²) >= 11 is 0. The molecule has 0 atom stereocenters. The maximum absolute atomic E-state index is 13.5. The molecule has 6 heterocycles. The number of carbonyl (C=O) groups excluding carboxylic acids is 1. The minimum absolute atomic E-state index is 0.0384. The number of fused-ring (bicyclic) bond motifs is 1. The second-order valence-electron chi connectivity index (χ2n) is 10.4. The Kier molecular flexibility index (Phi) is 6.99. The molecule has 1 aromatic carbocycles. The lowest BCUT2D eigenvalue weighted by atomic mass is 10.1. The van der Waals surface area contributed by atoms with Crippen molar-refractivity contribution in [3.8, 4) is 34.5 Å². The highest BCUT2D eigenvalue weighted by atomic mass is 19.1. The number of pyridine rings is 3. The third-order valence-electron chi connectivity index (χ3n) is 7.53. The van der Waals surface area contributed by atoms with E-state index in [9.17, 15) is 9.18 Å². The Morgan fingerprint density at radius 3 is 2.49 bits per heavy atom. The number of hydrogen-bond donors (Lipinski definition) is 1. The Hall–Kier alpha value is -6.29. The van der Waals surface area contributed by atoms with E-state index in [0.717, 1.165) is 17.4 Å². The molecule has 0 saturated carbocycles. The van der Waals surface area contributed by atoms with Crippen LogP contribution in [0.4, 0.5) is 16.0 Å². The lowest BCUT2D eigenvalue weighted by molar-refractivity contribution is -0.131. The van der Waals surface area contributed by atoms with Gasteiger partial charge < -0.3 is 15.5 Å². The zero-order chi connectivity index (χ0) is 30.9. The van der Waals surface area contributed by atoms with Gasteiger partial charge in [0, 0.05) is 37.7 Å². The van der Waals surface area contributed by atoms with Crippen molar-refractivity contribution in [1.82, 2.24) is 39.4 Å². The number of rotatable bonds is 6. The number of carbonyl (C=O) groups is 1. The molecule has 7 rings (SSSR count). The predicted octanol–water partition coefficient (Wildman–Crippen LogP) is 3.78. The molecule has 0 unspecified atom stereocenters. The number of halogens is 1. The zero-order valence-corrected chi connectivity index (χ0v) is 23.7. The minimum atomic E-state index is -0.428. The Bertz CT molecular complexity index is 2090. The summed E-state index contributed by atoms with van der Waals surface area (Å²) in [5.74, 6) is 1.06. The fraction of sp³-hybridized carbons (Fsp3) is 0.125. The number of anilines is 2. The van der Waals surface area contributed by atoms with Crippen molar-refractivity contribution >= 4 is 28.7 Å². The number of nitrogens with zero attached hydrogens (tertiary/aromatic N) is 10. The molecule has 5 aromatic heterocycles. The minimum Gasteiger partial charge on any atom is -0.383 e. The zero-order valence-electron chi connectivity index (χ0n) is 23.7. The van der Waals surface area contributed by atoms with Crippen LogP contribution in [0, 0.1) is 17.1 Å². The second-order valence-corrected chi connectivity index (χ2v) is 10.4. The maximum atomic E-state index is 13.5. The normalized spacial score (nSPS) is 13.3. The predicted molar refractivity (Wildman–Crippen MR) is 164 cm³/mol. The summed E-state index contributed by atoms with van der Waals surface area (Å²) in [6.07, 6.45) is 4.30. The van der Waals surface area contributed by atoms with Crippen molar-refractivity contribution in [3.05, 3.63) is 103 Å². The molecule has 45 heavy (non-hydrogen) atoms. The first-order chi connectivity index (χ1) is 22.0. The highest BCUT2D eigenvalue weighted by Gasteiger charge is 2.25. The standard InChI is InChI=1S/C32H24FN11O/c33-21-5-8-24(38-17-21)25-9-10-26-32(39-25)44(31(40-26)23-2-1-12-37-30(23)35)22-6-3-20(4-7-22)18-43-15-14-42(19-29(43)45)28-11-13-36-27(16-34)41-28/h1-13,17H,14-15,18-19H2,(H2,35,37). The summed E-state index contributed by atoms with van der Waals surface area (Å²) < 4.78 is 15.4. The second kappa shape index (κ2) is 11.4. The van der Waals surface area contributed by atoms with Gasteiger partial charge in [-0.05, 0) is 60.2 Å². The molecular formula is C32H24FN11O. The van der Waals surface area contributed by atoms with E-state index in [2.05, 4.69) is 19.9 Å². The van der Waals surface area contributed by atoms with E-state index in [4.69, 9.17) is 21.0 Å². The largest absolute Gasteiger partial charge is 0.383 e. The summed E-state index contributed by atoms with van der Waals surface area (Å²) in [5.41, 5.74) is 10.9. The first kappa shape index (κ1) is 27.5. The van der Waals surface area contributed by atoms with Gasteiger partial charge in [0.1, 0.15) is 29.0 Å². The highest BCUT2D eigenvalue weighted by molar-refractivity contribution is 5.84. The summed E-state index contributed by atoms with van der Waals surface area (Å²) in [6, 6.07) is 21.7. The Morgan fingerprint density at radius 2 is 1.73 bits per heavy atom. The van der Waals surface area contributed by atoms with Gasteiger partial charge in [-0.2, -0.15) is 5.26 Å². The molecular weight excluding hydrogens is 573 g/mol. The molecule has 1 amide bonds. The monoisotopic (exact) mass is 597 g/mol. The molecule has 1 aliphatic heterocycles. The van der Waals surface area contributed by atoms with Crippen LogP contribution >= 0.6 is 0 Å². The molecule has 0 bridgehead atoms. The van der Waals surface area contributed by atoms with Crippen molar-refractivity contribution < 1.29 is 9.18 Å². The van der Waals surface area contributed by atoms with Crippen LogP contribution in [0.2, 0.25) is 0 Å². The molecule has 2 N–H and O–H groups in total. The van der Waals surface area contributed by atoms with Crippen molar-refractivity contribution in [2.75, 3.05) is 30.3 Å². The lowest BCUT2D eigenvalue weighted by Crippen LogP contribution is -2.50. The van der Waals surface area contributed by atoms with E-state index in [1.54, 1.807) is 35.4 Å². The van der Waals surface area contributed by atoms with Crippen LogP contribution in [-0.2, 0) is 11.3 Å². The van der Waals surface area contributed by atoms with Gasteiger partial charge in [0.05, 0.1) is 29.7 Å². The van der Waals surface area contributed by atoms with Gasteiger partial charge in [-0.25, -0.2) is 29.3 Å². The number of nitrogen functional groups attached to an aromatic ring is 1. The molecule has 1 saturated heterocycles. The molecule has 0 radical (unpaired) electrons. The van der Waals surface area contributed by atoms with Crippen LogP contribution in [-0.4, -0.2) is 64.9 Å². The fourth-order valence-corrected chi connectivity index (χ4v) is 5.28. The average molecular weight is 598 g/mol. The third-order valence-corrected chi connectivity index (χ3v) is 7.53. The summed E-state index contributed by atoms with van der Waals surface area (Å²) in [6.45, 7) is 1.69. The molecule has 0 aliphatic carbocycles. The van der Waals surface area contributed by atoms with Gasteiger partial charge in [0.2, 0.25) is 11.7 Å². The molecule has 6 aromatic rings. The number of amides is 1. The average Bonchev–Trinajstić information content (AvgIpc) is 3.45. The number of hydrogen-bond acceptors (Lipinski definition) is 10. The van der Waals surface area contributed by atoms with Crippen LogP contribution in [0.3, 0.4) is 0 Å². The van der Waals surface area contributed by atoms with Crippen LogP contribution in [0.25, 0.3) is 39.6 Å². The van der Waals surface area contributed by atoms with Gasteiger partial charge in [-0.1, -0.05) is 12.1 Å². The SMILES string of the molecule is N#Cc1nccc(N2CCN(Cc3ccc(-n4c(-c5cccnc5N)nc5ccc(-c6ccc(F)cn6)nc54)cc3)C(=O)C2)n1. The van der Waals surface area contributed by atoms with Gasteiger partial charge in [-0.15, -0.1) is 0 Å². The fourth-order valence-electron chi connectivity index (χ4n) is 5.28. The molecule has 1 aliphatic rings. The number of nitriles is 1. The van der Waals surface area contributed by atoms with Gasteiger partial charge in [-0.3, -0.25) is 14.3 Å². The Morgan fingerprint density at radius 1 is 0.889 bits per heavy atom. The number of imidazole rings is 1. The van der Waals surface area contributed by atoms with Gasteiger partial charge in [0.15, 0.2) is 11.5 Å². The Balaban J connectivity index is 1.19. The van der Waals surface area contributed by atoms with E-state index < -0.39 is 5.82 Å². The van der Waals surface area contributed by atoms with E-state index >= 15 is 0 Å². The van der Waals surface area contributed by atoms with E-state index in [0.29, 0.717) is 65.2 Å². The van der Waals surface area contributed by atoms with E-state index in [1.807, 2.05) is 51.9 Å². The van der Waals surface area contributed by atoms with Crippen LogP contribution in [0.5, 0.6) is 0 Å². The summed E-state index contributed by atoms with van der Waals surface area (Å²) in [7, 11) is 0. The van der Waals surface area contributed by atoms with Crippen molar-refractivity contribution in [2.45, 2.75) is 6.54 Å². The maximum Gasteiger partial charge on any atom is 0.242 e. The van der Waals surface area contributed by atoms with Crippen LogP contribution in [0.1, 0.15) is 11.4 Å². The van der Waals surface area contributed by atoms with Crippen LogP contribution < -0.4 is 10.6 Å². The molecule has 220 valence electrons. The molecule has 1 fully saturated rings. The molecule has 12 nitrogen and oxygen atoms in total. The first-order valence-electron chi connectivity index (χ1n) is 14.0. The topological polar surface area (TPSA) is 156 Å². The van der Waals surface area contributed by atoms with Crippen molar-refractivity contribution in [1.29, 1.82) is 5.26 Å². The summed E-state index contributed by atoms with van der Waals surface area (Å²) in [4.78, 5) is 43.0. The van der Waals surface area contributed by atoms with Gasteiger partial charge >= 0.3 is 0 Å².